The van der Waals surface area contributed by atoms with Gasteiger partial charge in [-0.15, -0.1) is 11.3 Å². The van der Waals surface area contributed by atoms with E-state index in [9.17, 15) is 4.79 Å². The van der Waals surface area contributed by atoms with Crippen LogP contribution in [-0.4, -0.2) is 23.0 Å². The number of nitrogens with two attached hydrogens (primary N) is 1. The predicted molar refractivity (Wildman–Crippen MR) is 69.2 cm³/mol. The number of rotatable bonds is 3. The van der Waals surface area contributed by atoms with Crippen molar-refractivity contribution in [1.29, 1.82) is 0 Å². The summed E-state index contributed by atoms with van der Waals surface area (Å²) in [7, 11) is 0. The maximum atomic E-state index is 11.9. The quantitative estimate of drug-likeness (QED) is 0.863. The Bertz CT molecular complexity index is 396. The molecule has 5 heteroatoms. The topological polar surface area (TPSA) is 68.0 Å². The van der Waals surface area contributed by atoms with Gasteiger partial charge in [0.15, 0.2) is 0 Å². The van der Waals surface area contributed by atoms with Crippen LogP contribution in [0, 0.1) is 6.92 Å². The Hall–Kier alpha value is -0.940. The van der Waals surface area contributed by atoms with Gasteiger partial charge >= 0.3 is 0 Å². The highest BCUT2D eigenvalue weighted by atomic mass is 32.1. The average Bonchev–Trinajstić information content (AvgIpc) is 2.74. The van der Waals surface area contributed by atoms with E-state index in [0.29, 0.717) is 11.4 Å². The molecule has 0 unspecified atom stereocenters. The van der Waals surface area contributed by atoms with Gasteiger partial charge in [-0.25, -0.2) is 4.98 Å². The molecule has 1 aliphatic carbocycles. The third-order valence-electron chi connectivity index (χ3n) is 3.40. The lowest BCUT2D eigenvalue weighted by Crippen LogP contribution is -2.51. The summed E-state index contributed by atoms with van der Waals surface area (Å²) >= 11 is 1.38. The van der Waals surface area contributed by atoms with Crippen molar-refractivity contribution in [2.24, 2.45) is 5.73 Å². The number of carbonyl (C=O) groups excluding carboxylic acids is 1. The summed E-state index contributed by atoms with van der Waals surface area (Å²) in [5, 5.41) is 2.94. The maximum absolute atomic E-state index is 11.9. The van der Waals surface area contributed by atoms with Gasteiger partial charge in [-0.1, -0.05) is 19.3 Å². The summed E-state index contributed by atoms with van der Waals surface area (Å²) in [4.78, 5) is 16.7. The first-order chi connectivity index (χ1) is 8.11. The van der Waals surface area contributed by atoms with Crippen LogP contribution < -0.4 is 11.1 Å². The third kappa shape index (κ3) is 3.04. The highest BCUT2D eigenvalue weighted by Crippen LogP contribution is 2.25. The lowest BCUT2D eigenvalue weighted by atomic mass is 9.82. The predicted octanol–water partition coefficient (Wildman–Crippen LogP) is 1.84. The summed E-state index contributed by atoms with van der Waals surface area (Å²) in [6.07, 6.45) is 5.63. The minimum Gasteiger partial charge on any atom is -0.349 e. The smallest absolute Gasteiger partial charge is 0.263 e. The van der Waals surface area contributed by atoms with Gasteiger partial charge in [-0.2, -0.15) is 0 Å². The van der Waals surface area contributed by atoms with E-state index in [-0.39, 0.29) is 11.4 Å². The molecule has 0 atom stereocenters. The van der Waals surface area contributed by atoms with Crippen LogP contribution >= 0.6 is 11.3 Å². The van der Waals surface area contributed by atoms with Crippen LogP contribution in [0.4, 0.5) is 0 Å². The largest absolute Gasteiger partial charge is 0.349 e. The number of hydrogen-bond acceptors (Lipinski definition) is 4. The van der Waals surface area contributed by atoms with Crippen LogP contribution in [0.1, 0.15) is 47.5 Å². The minimum atomic E-state index is -0.202. The standard InChI is InChI=1S/C12H19N3OS/c1-9-10(17-8-15-9)11(16)14-7-12(13)5-3-2-4-6-12/h8H,2-7,13H2,1H3,(H,14,16). The Morgan fingerprint density at radius 3 is 2.82 bits per heavy atom. The van der Waals surface area contributed by atoms with E-state index in [2.05, 4.69) is 10.3 Å². The highest BCUT2D eigenvalue weighted by Gasteiger charge is 2.28. The molecule has 0 spiro atoms. The normalized spacial score (nSPS) is 18.9. The number of thiazole rings is 1. The van der Waals surface area contributed by atoms with E-state index in [1.165, 1.54) is 30.6 Å². The van der Waals surface area contributed by atoms with Gasteiger partial charge in [0.2, 0.25) is 0 Å². The van der Waals surface area contributed by atoms with Gasteiger partial charge in [-0.05, 0) is 19.8 Å². The molecule has 94 valence electrons. The van der Waals surface area contributed by atoms with Crippen LogP contribution in [0.5, 0.6) is 0 Å². The van der Waals surface area contributed by atoms with Gasteiger partial charge in [0.05, 0.1) is 11.2 Å². The molecule has 0 aromatic carbocycles. The fourth-order valence-electron chi connectivity index (χ4n) is 2.29. The lowest BCUT2D eigenvalue weighted by Gasteiger charge is -2.33. The number of carbonyl (C=O) groups is 1. The van der Waals surface area contributed by atoms with Crippen molar-refractivity contribution in [3.05, 3.63) is 16.1 Å². The van der Waals surface area contributed by atoms with Crippen LogP contribution in [0.2, 0.25) is 0 Å². The monoisotopic (exact) mass is 253 g/mol. The summed E-state index contributed by atoms with van der Waals surface area (Å²) < 4.78 is 0. The molecule has 4 nitrogen and oxygen atoms in total. The molecule has 2 rings (SSSR count). The number of aromatic nitrogens is 1. The Kier molecular flexibility index (Phi) is 3.79. The van der Waals surface area contributed by atoms with E-state index in [0.717, 1.165) is 18.5 Å². The molecule has 0 bridgehead atoms. The third-order valence-corrected chi connectivity index (χ3v) is 4.33. The molecule has 0 radical (unpaired) electrons. The first kappa shape index (κ1) is 12.5. The average molecular weight is 253 g/mol. The molecule has 1 saturated carbocycles. The van der Waals surface area contributed by atoms with Gasteiger partial charge in [0.25, 0.3) is 5.91 Å². The molecule has 1 heterocycles. The second-order valence-electron chi connectivity index (χ2n) is 4.87. The molecule has 17 heavy (non-hydrogen) atoms. The van der Waals surface area contributed by atoms with Crippen LogP contribution in [0.25, 0.3) is 0 Å². The molecule has 0 saturated heterocycles. The molecule has 0 aliphatic heterocycles. The van der Waals surface area contributed by atoms with Crippen LogP contribution in [-0.2, 0) is 0 Å². The van der Waals surface area contributed by atoms with Crippen molar-refractivity contribution in [3.63, 3.8) is 0 Å². The Morgan fingerprint density at radius 1 is 1.53 bits per heavy atom. The van der Waals surface area contributed by atoms with Crippen molar-refractivity contribution in [2.45, 2.75) is 44.6 Å². The summed E-state index contributed by atoms with van der Waals surface area (Å²) in [6, 6.07) is 0. The summed E-state index contributed by atoms with van der Waals surface area (Å²) in [5.74, 6) is -0.0413. The summed E-state index contributed by atoms with van der Waals surface area (Å²) in [6.45, 7) is 2.42. The van der Waals surface area contributed by atoms with Gasteiger partial charge in [0, 0.05) is 12.1 Å². The molecule has 3 N–H and O–H groups in total. The fraction of sp³-hybridized carbons (Fsp3) is 0.667. The second-order valence-corrected chi connectivity index (χ2v) is 5.73. The lowest BCUT2D eigenvalue weighted by molar-refractivity contribution is 0.0941. The minimum absolute atomic E-state index is 0.0413. The number of amides is 1. The van der Waals surface area contributed by atoms with Crippen molar-refractivity contribution < 1.29 is 4.79 Å². The van der Waals surface area contributed by atoms with Gasteiger partial charge < -0.3 is 11.1 Å². The zero-order chi connectivity index (χ0) is 12.3. The maximum Gasteiger partial charge on any atom is 0.263 e. The van der Waals surface area contributed by atoms with E-state index in [1.54, 1.807) is 5.51 Å². The number of hydrogen-bond donors (Lipinski definition) is 2. The molecule has 1 fully saturated rings. The first-order valence-corrected chi connectivity index (χ1v) is 6.96. The van der Waals surface area contributed by atoms with E-state index in [4.69, 9.17) is 5.73 Å². The molecule has 1 aromatic heterocycles. The Morgan fingerprint density at radius 2 is 2.24 bits per heavy atom. The summed E-state index contributed by atoms with van der Waals surface area (Å²) in [5.41, 5.74) is 8.56. The zero-order valence-electron chi connectivity index (χ0n) is 10.2. The van der Waals surface area contributed by atoms with E-state index < -0.39 is 0 Å². The van der Waals surface area contributed by atoms with E-state index >= 15 is 0 Å². The van der Waals surface area contributed by atoms with Crippen molar-refractivity contribution in [2.75, 3.05) is 6.54 Å². The number of nitrogens with one attached hydrogen (secondary N) is 1. The Labute approximate surface area is 106 Å². The molecular formula is C12H19N3OS. The Balaban J connectivity index is 1.90. The molecule has 1 amide bonds. The van der Waals surface area contributed by atoms with E-state index in [1.807, 2.05) is 6.92 Å². The van der Waals surface area contributed by atoms with Crippen LogP contribution in [0.15, 0.2) is 5.51 Å². The second kappa shape index (κ2) is 5.14. The number of aryl methyl sites for hydroxylation is 1. The molecule has 1 aromatic rings. The number of nitrogens with zero attached hydrogens (tertiary/aromatic N) is 1. The van der Waals surface area contributed by atoms with Gasteiger partial charge in [-0.3, -0.25) is 4.79 Å². The molecular weight excluding hydrogens is 234 g/mol. The van der Waals surface area contributed by atoms with Crippen LogP contribution in [0.3, 0.4) is 0 Å². The van der Waals surface area contributed by atoms with Crippen molar-refractivity contribution in [3.8, 4) is 0 Å². The molecule has 1 aliphatic rings. The fourth-order valence-corrected chi connectivity index (χ4v) is 3.01. The van der Waals surface area contributed by atoms with Crippen molar-refractivity contribution >= 4 is 17.2 Å². The first-order valence-electron chi connectivity index (χ1n) is 6.08. The zero-order valence-corrected chi connectivity index (χ0v) is 11.0. The van der Waals surface area contributed by atoms with Gasteiger partial charge in [0.1, 0.15) is 4.88 Å². The SMILES string of the molecule is Cc1ncsc1C(=O)NCC1(N)CCCCC1. The van der Waals surface area contributed by atoms with Crippen molar-refractivity contribution in [1.82, 2.24) is 10.3 Å². The highest BCUT2D eigenvalue weighted by molar-refractivity contribution is 7.11.